The van der Waals surface area contributed by atoms with Crippen molar-refractivity contribution in [2.24, 2.45) is 0 Å². The lowest BCUT2D eigenvalue weighted by Crippen LogP contribution is -2.43. The van der Waals surface area contributed by atoms with Crippen molar-refractivity contribution in [2.75, 3.05) is 26.3 Å². The summed E-state index contributed by atoms with van der Waals surface area (Å²) >= 11 is 0. The van der Waals surface area contributed by atoms with Gasteiger partial charge in [0.1, 0.15) is 5.60 Å². The van der Waals surface area contributed by atoms with Gasteiger partial charge >= 0.3 is 6.09 Å². The average Bonchev–Trinajstić information content (AvgIpc) is 2.59. The van der Waals surface area contributed by atoms with Crippen LogP contribution in [0.4, 0.5) is 4.79 Å². The standard InChI is InChI=1S/C14H28N2O4/c1-14(2,3)20-13(19)16-7-4-5-11(6-8-16)15-12(9-17)10-18/h11-12,15,17-18H,4-10H2,1-3H3. The lowest BCUT2D eigenvalue weighted by atomic mass is 10.1. The van der Waals surface area contributed by atoms with E-state index < -0.39 is 5.60 Å². The van der Waals surface area contributed by atoms with E-state index >= 15 is 0 Å². The number of amides is 1. The Morgan fingerprint density at radius 2 is 1.95 bits per heavy atom. The summed E-state index contributed by atoms with van der Waals surface area (Å²) in [6.45, 7) is 6.75. The van der Waals surface area contributed by atoms with E-state index in [1.807, 2.05) is 20.8 Å². The Balaban J connectivity index is 2.44. The summed E-state index contributed by atoms with van der Waals surface area (Å²) in [7, 11) is 0. The number of hydrogen-bond acceptors (Lipinski definition) is 5. The third-order valence-corrected chi connectivity index (χ3v) is 3.29. The fraction of sp³-hybridized carbons (Fsp3) is 0.929. The number of hydrogen-bond donors (Lipinski definition) is 3. The Bertz CT molecular complexity index is 300. The van der Waals surface area contributed by atoms with Gasteiger partial charge in [-0.25, -0.2) is 4.79 Å². The SMILES string of the molecule is CC(C)(C)OC(=O)N1CCCC(NC(CO)CO)CC1. The van der Waals surface area contributed by atoms with Crippen LogP contribution in [0.15, 0.2) is 0 Å². The Kier molecular flexibility index (Phi) is 6.71. The van der Waals surface area contributed by atoms with Gasteiger partial charge in [-0.2, -0.15) is 0 Å². The van der Waals surface area contributed by atoms with E-state index in [1.54, 1.807) is 4.90 Å². The summed E-state index contributed by atoms with van der Waals surface area (Å²) < 4.78 is 5.38. The summed E-state index contributed by atoms with van der Waals surface area (Å²) in [6, 6.07) is -0.0696. The molecule has 1 heterocycles. The first kappa shape index (κ1) is 17.2. The molecule has 0 aliphatic carbocycles. The molecule has 1 aliphatic heterocycles. The summed E-state index contributed by atoms with van der Waals surface area (Å²) in [4.78, 5) is 13.7. The van der Waals surface area contributed by atoms with Gasteiger partial charge < -0.3 is 25.2 Å². The smallest absolute Gasteiger partial charge is 0.410 e. The molecule has 1 fully saturated rings. The van der Waals surface area contributed by atoms with Gasteiger partial charge in [0, 0.05) is 19.1 Å². The van der Waals surface area contributed by atoms with Gasteiger partial charge in [0.05, 0.1) is 19.3 Å². The van der Waals surface area contributed by atoms with Gasteiger partial charge in [0.25, 0.3) is 0 Å². The van der Waals surface area contributed by atoms with Crippen LogP contribution in [0.1, 0.15) is 40.0 Å². The minimum Gasteiger partial charge on any atom is -0.444 e. The van der Waals surface area contributed by atoms with Crippen molar-refractivity contribution >= 4 is 6.09 Å². The van der Waals surface area contributed by atoms with E-state index in [2.05, 4.69) is 5.32 Å². The maximum Gasteiger partial charge on any atom is 0.410 e. The largest absolute Gasteiger partial charge is 0.444 e. The van der Waals surface area contributed by atoms with Crippen LogP contribution >= 0.6 is 0 Å². The van der Waals surface area contributed by atoms with Crippen LogP contribution < -0.4 is 5.32 Å². The highest BCUT2D eigenvalue weighted by Gasteiger charge is 2.25. The lowest BCUT2D eigenvalue weighted by Gasteiger charge is -2.26. The highest BCUT2D eigenvalue weighted by atomic mass is 16.6. The fourth-order valence-electron chi connectivity index (χ4n) is 2.27. The molecule has 1 aliphatic rings. The number of likely N-dealkylation sites (tertiary alicyclic amines) is 1. The highest BCUT2D eigenvalue weighted by molar-refractivity contribution is 5.68. The Morgan fingerprint density at radius 1 is 1.30 bits per heavy atom. The van der Waals surface area contributed by atoms with Gasteiger partial charge in [0.15, 0.2) is 0 Å². The Labute approximate surface area is 121 Å². The third kappa shape index (κ3) is 6.07. The van der Waals surface area contributed by atoms with E-state index in [1.165, 1.54) is 0 Å². The summed E-state index contributed by atoms with van der Waals surface area (Å²) in [5.41, 5.74) is -0.472. The van der Waals surface area contributed by atoms with E-state index in [-0.39, 0.29) is 31.4 Å². The monoisotopic (exact) mass is 288 g/mol. The van der Waals surface area contributed by atoms with Gasteiger partial charge in [-0.05, 0) is 40.0 Å². The van der Waals surface area contributed by atoms with Gasteiger partial charge in [0.2, 0.25) is 0 Å². The van der Waals surface area contributed by atoms with Crippen LogP contribution in [0.2, 0.25) is 0 Å². The summed E-state index contributed by atoms with van der Waals surface area (Å²) in [5.74, 6) is 0. The number of aliphatic hydroxyl groups excluding tert-OH is 2. The van der Waals surface area contributed by atoms with Crippen LogP contribution in [0.25, 0.3) is 0 Å². The molecular formula is C14H28N2O4. The molecule has 6 heteroatoms. The minimum atomic E-state index is -0.472. The topological polar surface area (TPSA) is 82.0 Å². The van der Waals surface area contributed by atoms with Gasteiger partial charge in [-0.15, -0.1) is 0 Å². The number of ether oxygens (including phenoxy) is 1. The zero-order chi connectivity index (χ0) is 15.2. The second kappa shape index (κ2) is 7.81. The lowest BCUT2D eigenvalue weighted by molar-refractivity contribution is 0.0255. The number of nitrogens with zero attached hydrogens (tertiary/aromatic N) is 1. The molecule has 0 spiro atoms. The van der Waals surface area contributed by atoms with Crippen LogP contribution in [-0.2, 0) is 4.74 Å². The molecule has 1 saturated heterocycles. The Morgan fingerprint density at radius 3 is 2.50 bits per heavy atom. The Hall–Kier alpha value is -0.850. The maximum absolute atomic E-state index is 12.0. The van der Waals surface area contributed by atoms with Crippen LogP contribution in [0.3, 0.4) is 0 Å². The maximum atomic E-state index is 12.0. The van der Waals surface area contributed by atoms with Crippen molar-refractivity contribution in [2.45, 2.75) is 57.7 Å². The first-order valence-corrected chi connectivity index (χ1v) is 7.31. The number of aliphatic hydroxyl groups is 2. The van der Waals surface area contributed by atoms with E-state index in [4.69, 9.17) is 14.9 Å². The molecule has 0 aromatic rings. The molecule has 1 atom stereocenters. The van der Waals surface area contributed by atoms with Crippen molar-refractivity contribution in [1.82, 2.24) is 10.2 Å². The molecule has 0 bridgehead atoms. The molecule has 1 rings (SSSR count). The summed E-state index contributed by atoms with van der Waals surface area (Å²) in [6.07, 6.45) is 2.35. The molecule has 0 saturated carbocycles. The van der Waals surface area contributed by atoms with Crippen LogP contribution in [0, 0.1) is 0 Å². The summed E-state index contributed by atoms with van der Waals surface area (Å²) in [5, 5.41) is 21.4. The van der Waals surface area contributed by atoms with Crippen LogP contribution in [-0.4, -0.2) is 65.2 Å². The highest BCUT2D eigenvalue weighted by Crippen LogP contribution is 2.15. The minimum absolute atomic E-state index is 0.0806. The quantitative estimate of drug-likeness (QED) is 0.710. The number of carbonyl (C=O) groups excluding carboxylic acids is 1. The molecule has 6 nitrogen and oxygen atoms in total. The van der Waals surface area contributed by atoms with E-state index in [9.17, 15) is 4.79 Å². The molecule has 1 unspecified atom stereocenters. The zero-order valence-corrected chi connectivity index (χ0v) is 12.8. The number of carbonyl (C=O) groups is 1. The van der Waals surface area contributed by atoms with Crippen molar-refractivity contribution in [3.8, 4) is 0 Å². The molecule has 20 heavy (non-hydrogen) atoms. The van der Waals surface area contributed by atoms with Crippen molar-refractivity contribution in [1.29, 1.82) is 0 Å². The molecule has 118 valence electrons. The molecule has 0 aromatic carbocycles. The predicted molar refractivity (Wildman–Crippen MR) is 76.5 cm³/mol. The van der Waals surface area contributed by atoms with Gasteiger partial charge in [-0.1, -0.05) is 0 Å². The molecule has 3 N–H and O–H groups in total. The predicted octanol–water partition coefficient (Wildman–Crippen LogP) is 0.719. The van der Waals surface area contributed by atoms with E-state index in [0.717, 1.165) is 19.3 Å². The third-order valence-electron chi connectivity index (χ3n) is 3.29. The zero-order valence-electron chi connectivity index (χ0n) is 12.8. The first-order chi connectivity index (χ1) is 9.35. The molecule has 0 radical (unpaired) electrons. The normalized spacial score (nSPS) is 20.9. The number of nitrogens with one attached hydrogen (secondary N) is 1. The van der Waals surface area contributed by atoms with E-state index in [0.29, 0.717) is 13.1 Å². The second-order valence-electron chi connectivity index (χ2n) is 6.32. The number of rotatable bonds is 4. The van der Waals surface area contributed by atoms with Gasteiger partial charge in [-0.3, -0.25) is 0 Å². The molecule has 0 aromatic heterocycles. The van der Waals surface area contributed by atoms with Crippen molar-refractivity contribution in [3.05, 3.63) is 0 Å². The van der Waals surface area contributed by atoms with Crippen LogP contribution in [0.5, 0.6) is 0 Å². The first-order valence-electron chi connectivity index (χ1n) is 7.31. The molecule has 1 amide bonds. The fourth-order valence-corrected chi connectivity index (χ4v) is 2.27. The average molecular weight is 288 g/mol. The van der Waals surface area contributed by atoms with Crippen molar-refractivity contribution in [3.63, 3.8) is 0 Å². The van der Waals surface area contributed by atoms with Crippen molar-refractivity contribution < 1.29 is 19.7 Å². The second-order valence-corrected chi connectivity index (χ2v) is 6.32. The molecular weight excluding hydrogens is 260 g/mol.